The number of anilines is 3. The molecule has 0 amide bonds. The Labute approximate surface area is 216 Å². The molecule has 173 valence electrons. The monoisotopic (exact) mass is 622 g/mol. The van der Waals surface area contributed by atoms with Crippen LogP contribution in [0, 0.1) is 33.8 Å². The van der Waals surface area contributed by atoms with E-state index in [9.17, 15) is 0 Å². The van der Waals surface area contributed by atoms with E-state index in [1.54, 1.807) is 0 Å². The molecule has 1 aromatic heterocycles. The minimum atomic E-state index is 0. The first-order valence-electron chi connectivity index (χ1n) is 11.5. The van der Waals surface area contributed by atoms with E-state index in [4.69, 9.17) is 4.98 Å². The van der Waals surface area contributed by atoms with Crippen LogP contribution < -0.4 is 4.90 Å². The molecule has 34 heavy (non-hydrogen) atoms. The second-order valence-corrected chi connectivity index (χ2v) is 9.09. The summed E-state index contributed by atoms with van der Waals surface area (Å²) in [5.41, 5.74) is 14.5. The minimum Gasteiger partial charge on any atom is -0.310 e. The number of aryl methyl sites for hydroxylation is 4. The number of hydrogen-bond acceptors (Lipinski definition) is 2. The number of benzene rings is 3. The number of fused-ring (bicyclic) bond motifs is 1. The van der Waals surface area contributed by atoms with Gasteiger partial charge < -0.3 is 9.88 Å². The molecule has 4 aromatic rings. The second-order valence-electron chi connectivity index (χ2n) is 9.09. The third-order valence-electron chi connectivity index (χ3n) is 6.69. The van der Waals surface area contributed by atoms with E-state index in [1.807, 2.05) is 6.20 Å². The van der Waals surface area contributed by atoms with Crippen LogP contribution in [0.15, 0.2) is 72.9 Å². The molecular formula is C31H29IrN2-. The Bertz CT molecular complexity index is 1310. The van der Waals surface area contributed by atoms with Gasteiger partial charge in [0.2, 0.25) is 0 Å². The molecule has 0 N–H and O–H groups in total. The smallest absolute Gasteiger partial charge is 0.0519 e. The molecule has 0 aliphatic heterocycles. The van der Waals surface area contributed by atoms with Gasteiger partial charge in [0, 0.05) is 32.0 Å². The molecule has 0 saturated heterocycles. The zero-order chi connectivity index (χ0) is 23.1. The Morgan fingerprint density at radius 1 is 0.794 bits per heavy atom. The fourth-order valence-electron chi connectivity index (χ4n) is 4.97. The van der Waals surface area contributed by atoms with Crippen LogP contribution in [0.2, 0.25) is 0 Å². The summed E-state index contributed by atoms with van der Waals surface area (Å²) in [6, 6.07) is 25.2. The summed E-state index contributed by atoms with van der Waals surface area (Å²) in [5, 5.41) is 0. The van der Waals surface area contributed by atoms with Gasteiger partial charge in [0.25, 0.3) is 0 Å². The van der Waals surface area contributed by atoms with Gasteiger partial charge in [0.15, 0.2) is 0 Å². The van der Waals surface area contributed by atoms with E-state index in [1.165, 1.54) is 50.3 Å². The summed E-state index contributed by atoms with van der Waals surface area (Å²) >= 11 is 0. The summed E-state index contributed by atoms with van der Waals surface area (Å²) in [6.45, 7) is 10.9. The molecule has 0 saturated carbocycles. The van der Waals surface area contributed by atoms with Crippen molar-refractivity contribution >= 4 is 22.6 Å². The fraction of sp³-hybridized carbons (Fsp3) is 0.194. The van der Waals surface area contributed by atoms with Gasteiger partial charge in [-0.25, -0.2) is 0 Å². The van der Waals surface area contributed by atoms with E-state index in [0.29, 0.717) is 0 Å². The maximum atomic E-state index is 4.74. The fourth-order valence-corrected chi connectivity index (χ4v) is 4.97. The van der Waals surface area contributed by atoms with Crippen LogP contribution in [-0.4, -0.2) is 4.98 Å². The molecule has 2 nitrogen and oxygen atoms in total. The Morgan fingerprint density at radius 2 is 1.38 bits per heavy atom. The van der Waals surface area contributed by atoms with E-state index in [0.717, 1.165) is 23.4 Å². The number of pyridine rings is 1. The average Bonchev–Trinajstić information content (AvgIpc) is 3.18. The molecule has 1 aliphatic carbocycles. The van der Waals surface area contributed by atoms with Gasteiger partial charge in [-0.15, -0.1) is 34.9 Å². The molecular weight excluding hydrogens is 593 g/mol. The largest absolute Gasteiger partial charge is 0.310 e. The van der Waals surface area contributed by atoms with Crippen molar-refractivity contribution < 1.29 is 20.1 Å². The Balaban J connectivity index is 0.00000274. The van der Waals surface area contributed by atoms with Crippen molar-refractivity contribution in [1.82, 2.24) is 4.98 Å². The van der Waals surface area contributed by atoms with Gasteiger partial charge in [0.1, 0.15) is 0 Å². The zero-order valence-electron chi connectivity index (χ0n) is 20.4. The molecule has 0 bridgehead atoms. The third kappa shape index (κ3) is 4.27. The van der Waals surface area contributed by atoms with Crippen molar-refractivity contribution in [2.75, 3.05) is 4.90 Å². The van der Waals surface area contributed by atoms with Gasteiger partial charge in [-0.2, -0.15) is 0 Å². The average molecular weight is 622 g/mol. The molecule has 3 aromatic carbocycles. The molecule has 0 atom stereocenters. The van der Waals surface area contributed by atoms with Gasteiger partial charge in [-0.05, 0) is 75.1 Å². The quantitative estimate of drug-likeness (QED) is 0.214. The van der Waals surface area contributed by atoms with E-state index in [2.05, 4.69) is 112 Å². The first-order valence-corrected chi connectivity index (χ1v) is 11.5. The van der Waals surface area contributed by atoms with E-state index >= 15 is 0 Å². The Hall–Kier alpha value is -3.00. The van der Waals surface area contributed by atoms with Crippen LogP contribution in [0.5, 0.6) is 0 Å². The predicted octanol–water partition coefficient (Wildman–Crippen LogP) is 8.21. The van der Waals surface area contributed by atoms with Crippen molar-refractivity contribution in [3.05, 3.63) is 112 Å². The van der Waals surface area contributed by atoms with Crippen LogP contribution in [0.3, 0.4) is 0 Å². The Morgan fingerprint density at radius 3 is 1.97 bits per heavy atom. The molecule has 1 aliphatic rings. The molecule has 0 spiro atoms. The van der Waals surface area contributed by atoms with E-state index in [-0.39, 0.29) is 20.1 Å². The third-order valence-corrected chi connectivity index (χ3v) is 6.69. The second kappa shape index (κ2) is 9.70. The molecule has 1 heterocycles. The normalized spacial score (nSPS) is 12.1. The molecule has 5 rings (SSSR count). The predicted molar refractivity (Wildman–Crippen MR) is 139 cm³/mol. The minimum absolute atomic E-state index is 0. The van der Waals surface area contributed by atoms with Crippen molar-refractivity contribution in [2.24, 2.45) is 0 Å². The van der Waals surface area contributed by atoms with Gasteiger partial charge in [-0.3, -0.25) is 0 Å². The zero-order valence-corrected chi connectivity index (χ0v) is 22.8. The number of allylic oxidation sites excluding steroid dienone is 2. The van der Waals surface area contributed by atoms with Gasteiger partial charge in [-0.1, -0.05) is 54.1 Å². The number of para-hydroxylation sites is 2. The SMILES string of the molecule is CC1=CCc2c[c-]c(-c3cc(N(c4c(C)cccc4C)c4c(C)cccc4C)ccn3)cc21.[Ir]. The van der Waals surface area contributed by atoms with Crippen molar-refractivity contribution in [3.63, 3.8) is 0 Å². The van der Waals surface area contributed by atoms with E-state index < -0.39 is 0 Å². The maximum Gasteiger partial charge on any atom is 0.0519 e. The topological polar surface area (TPSA) is 16.1 Å². The first kappa shape index (κ1) is 24.1. The number of nitrogens with zero attached hydrogens (tertiary/aromatic N) is 2. The van der Waals surface area contributed by atoms with Gasteiger partial charge >= 0.3 is 0 Å². The molecule has 0 unspecified atom stereocenters. The molecule has 0 fully saturated rings. The molecule has 1 radical (unpaired) electrons. The standard InChI is InChI=1S/C31H29N2.Ir/c1-20-12-13-25-14-15-26(18-28(20)25)29-19-27(16-17-32-29)33(30-21(2)8-6-9-22(30)3)31-23(4)10-7-11-24(31)5;/h6-12,14,16-19H,13H2,1-5H3;/q-1;. The van der Waals surface area contributed by atoms with Crippen LogP contribution >= 0.6 is 0 Å². The van der Waals surface area contributed by atoms with Crippen LogP contribution in [0.25, 0.3) is 16.8 Å². The summed E-state index contributed by atoms with van der Waals surface area (Å²) in [5.74, 6) is 0. The number of aromatic nitrogens is 1. The summed E-state index contributed by atoms with van der Waals surface area (Å²) in [4.78, 5) is 7.14. The summed E-state index contributed by atoms with van der Waals surface area (Å²) in [7, 11) is 0. The van der Waals surface area contributed by atoms with Crippen LogP contribution in [0.4, 0.5) is 17.1 Å². The molecule has 3 heteroatoms. The van der Waals surface area contributed by atoms with Crippen molar-refractivity contribution in [3.8, 4) is 11.3 Å². The Kier molecular flexibility index (Phi) is 6.89. The van der Waals surface area contributed by atoms with Crippen molar-refractivity contribution in [1.29, 1.82) is 0 Å². The number of rotatable bonds is 4. The van der Waals surface area contributed by atoms with Gasteiger partial charge in [0.05, 0.1) is 11.4 Å². The van der Waals surface area contributed by atoms with Crippen LogP contribution in [-0.2, 0) is 26.5 Å². The number of hydrogen-bond donors (Lipinski definition) is 0. The van der Waals surface area contributed by atoms with Crippen molar-refractivity contribution in [2.45, 2.75) is 41.0 Å². The summed E-state index contributed by atoms with van der Waals surface area (Å²) in [6.07, 6.45) is 5.21. The summed E-state index contributed by atoms with van der Waals surface area (Å²) < 4.78 is 0. The first-order chi connectivity index (χ1) is 15.9. The maximum absolute atomic E-state index is 4.74. The van der Waals surface area contributed by atoms with Crippen LogP contribution in [0.1, 0.15) is 40.3 Å².